The van der Waals surface area contributed by atoms with E-state index < -0.39 is 0 Å². The van der Waals surface area contributed by atoms with Gasteiger partial charge in [-0.1, -0.05) is 30.3 Å². The van der Waals surface area contributed by atoms with Crippen LogP contribution in [-0.2, 0) is 17.8 Å². The maximum atomic E-state index is 12.1. The number of carbonyl (C=O) groups is 1. The second kappa shape index (κ2) is 6.41. The van der Waals surface area contributed by atoms with Gasteiger partial charge in [0.25, 0.3) is 0 Å². The maximum Gasteiger partial charge on any atom is 0.234 e. The lowest BCUT2D eigenvalue weighted by Gasteiger charge is -2.24. The number of carbonyl (C=O) groups excluding carboxylic acids is 1. The van der Waals surface area contributed by atoms with Gasteiger partial charge in [-0.15, -0.1) is 11.3 Å². The summed E-state index contributed by atoms with van der Waals surface area (Å²) in [7, 11) is 2.04. The number of thiophene rings is 1. The molecule has 1 amide bonds. The lowest BCUT2D eigenvalue weighted by molar-refractivity contribution is -0.122. The summed E-state index contributed by atoms with van der Waals surface area (Å²) in [6.07, 6.45) is 2.22. The van der Waals surface area contributed by atoms with E-state index in [0.29, 0.717) is 19.1 Å². The van der Waals surface area contributed by atoms with Gasteiger partial charge in [-0.3, -0.25) is 9.69 Å². The van der Waals surface area contributed by atoms with Crippen molar-refractivity contribution in [2.75, 3.05) is 13.6 Å². The van der Waals surface area contributed by atoms with Crippen molar-refractivity contribution in [1.29, 1.82) is 0 Å². The topological polar surface area (TPSA) is 32.3 Å². The van der Waals surface area contributed by atoms with E-state index in [1.807, 2.05) is 24.6 Å². The minimum Gasteiger partial charge on any atom is -0.350 e. The summed E-state index contributed by atoms with van der Waals surface area (Å²) < 4.78 is 0. The SMILES string of the molecule is CN(CC(=O)NCc1cccs1)C1CCc2ccccc21. The predicted molar refractivity (Wildman–Crippen MR) is 86.3 cm³/mol. The molecule has 21 heavy (non-hydrogen) atoms. The summed E-state index contributed by atoms with van der Waals surface area (Å²) in [5, 5.41) is 5.02. The summed E-state index contributed by atoms with van der Waals surface area (Å²) in [5.74, 6) is 0.0929. The lowest BCUT2D eigenvalue weighted by Crippen LogP contribution is -2.36. The Kier molecular flexibility index (Phi) is 4.36. The van der Waals surface area contributed by atoms with Crippen molar-refractivity contribution < 1.29 is 4.79 Å². The van der Waals surface area contributed by atoms with Crippen LogP contribution >= 0.6 is 11.3 Å². The summed E-state index contributed by atoms with van der Waals surface area (Å²) in [5.41, 5.74) is 2.81. The van der Waals surface area contributed by atoms with Gasteiger partial charge in [-0.05, 0) is 42.5 Å². The van der Waals surface area contributed by atoms with Gasteiger partial charge < -0.3 is 5.32 Å². The van der Waals surface area contributed by atoms with Crippen molar-refractivity contribution in [1.82, 2.24) is 10.2 Å². The van der Waals surface area contributed by atoms with Crippen molar-refractivity contribution in [3.63, 3.8) is 0 Å². The van der Waals surface area contributed by atoms with E-state index in [9.17, 15) is 4.79 Å². The van der Waals surface area contributed by atoms with Crippen molar-refractivity contribution in [2.45, 2.75) is 25.4 Å². The molecule has 1 N–H and O–H groups in total. The van der Waals surface area contributed by atoms with Gasteiger partial charge in [0.15, 0.2) is 0 Å². The molecule has 110 valence electrons. The van der Waals surface area contributed by atoms with Crippen molar-refractivity contribution in [2.24, 2.45) is 0 Å². The van der Waals surface area contributed by atoms with Crippen LogP contribution in [0.5, 0.6) is 0 Å². The summed E-state index contributed by atoms with van der Waals surface area (Å²) in [4.78, 5) is 15.4. The molecule has 1 heterocycles. The molecule has 1 aromatic carbocycles. The number of rotatable bonds is 5. The molecule has 0 aliphatic heterocycles. The molecule has 0 saturated heterocycles. The lowest BCUT2D eigenvalue weighted by atomic mass is 10.1. The molecular weight excluding hydrogens is 280 g/mol. The van der Waals surface area contributed by atoms with E-state index in [1.165, 1.54) is 16.0 Å². The Labute approximate surface area is 129 Å². The molecule has 1 aliphatic rings. The highest BCUT2D eigenvalue weighted by Crippen LogP contribution is 2.34. The Balaban J connectivity index is 1.54. The largest absolute Gasteiger partial charge is 0.350 e. The van der Waals surface area contributed by atoms with Crippen LogP contribution in [0.15, 0.2) is 41.8 Å². The van der Waals surface area contributed by atoms with Crippen LogP contribution in [0.4, 0.5) is 0 Å². The third kappa shape index (κ3) is 3.34. The zero-order chi connectivity index (χ0) is 14.7. The van der Waals surface area contributed by atoms with Crippen molar-refractivity contribution in [3.8, 4) is 0 Å². The molecule has 4 heteroatoms. The minimum atomic E-state index is 0.0929. The first-order valence-electron chi connectivity index (χ1n) is 7.31. The van der Waals surface area contributed by atoms with Gasteiger partial charge in [0.1, 0.15) is 0 Å². The quantitative estimate of drug-likeness (QED) is 0.920. The standard InChI is InChI=1S/C17H20N2OS/c1-19(12-17(20)18-11-14-6-4-10-21-14)16-9-8-13-5-2-3-7-15(13)16/h2-7,10,16H,8-9,11-12H2,1H3,(H,18,20). The van der Waals surface area contributed by atoms with Crippen LogP contribution in [0.2, 0.25) is 0 Å². The Morgan fingerprint density at radius 1 is 1.33 bits per heavy atom. The summed E-state index contributed by atoms with van der Waals surface area (Å²) in [6, 6.07) is 13.0. The second-order valence-corrected chi connectivity index (χ2v) is 6.56. The number of likely N-dealkylation sites (N-methyl/N-ethyl adjacent to an activating group) is 1. The van der Waals surface area contributed by atoms with Crippen LogP contribution in [0.25, 0.3) is 0 Å². The molecule has 2 aromatic rings. The molecule has 1 aliphatic carbocycles. The van der Waals surface area contributed by atoms with E-state index in [1.54, 1.807) is 11.3 Å². The van der Waals surface area contributed by atoms with Crippen LogP contribution in [0, 0.1) is 0 Å². The Morgan fingerprint density at radius 2 is 2.19 bits per heavy atom. The average molecular weight is 300 g/mol. The first-order valence-corrected chi connectivity index (χ1v) is 8.19. The van der Waals surface area contributed by atoms with Gasteiger partial charge in [-0.25, -0.2) is 0 Å². The number of nitrogens with one attached hydrogen (secondary N) is 1. The molecular formula is C17H20N2OS. The molecule has 3 nitrogen and oxygen atoms in total. The third-order valence-electron chi connectivity index (χ3n) is 4.07. The Hall–Kier alpha value is -1.65. The summed E-state index contributed by atoms with van der Waals surface area (Å²) in [6.45, 7) is 1.08. The third-order valence-corrected chi connectivity index (χ3v) is 4.94. The van der Waals surface area contributed by atoms with Gasteiger partial charge in [0.2, 0.25) is 5.91 Å². The zero-order valence-electron chi connectivity index (χ0n) is 12.2. The Bertz CT molecular complexity index is 609. The first-order chi connectivity index (χ1) is 10.2. The zero-order valence-corrected chi connectivity index (χ0v) is 13.0. The molecule has 0 bridgehead atoms. The number of benzene rings is 1. The highest BCUT2D eigenvalue weighted by atomic mass is 32.1. The first kappa shape index (κ1) is 14.3. The Morgan fingerprint density at radius 3 is 3.00 bits per heavy atom. The number of fused-ring (bicyclic) bond motifs is 1. The smallest absolute Gasteiger partial charge is 0.234 e. The van der Waals surface area contributed by atoms with Crippen LogP contribution in [0.1, 0.15) is 28.5 Å². The average Bonchev–Trinajstić information content (AvgIpc) is 3.14. The molecule has 3 rings (SSSR count). The van der Waals surface area contributed by atoms with Gasteiger partial charge in [0, 0.05) is 10.9 Å². The van der Waals surface area contributed by atoms with Crippen LogP contribution in [-0.4, -0.2) is 24.4 Å². The van der Waals surface area contributed by atoms with Gasteiger partial charge in [0.05, 0.1) is 13.1 Å². The normalized spacial score (nSPS) is 17.0. The molecule has 1 unspecified atom stereocenters. The van der Waals surface area contributed by atoms with E-state index in [-0.39, 0.29) is 5.91 Å². The predicted octanol–water partition coefficient (Wildman–Crippen LogP) is 2.98. The van der Waals surface area contributed by atoms with Crippen LogP contribution < -0.4 is 5.32 Å². The highest BCUT2D eigenvalue weighted by molar-refractivity contribution is 7.09. The minimum absolute atomic E-state index is 0.0929. The highest BCUT2D eigenvalue weighted by Gasteiger charge is 2.26. The van der Waals surface area contributed by atoms with E-state index in [4.69, 9.17) is 0 Å². The molecule has 1 aromatic heterocycles. The fourth-order valence-corrected chi connectivity index (χ4v) is 3.63. The van der Waals surface area contributed by atoms with E-state index in [2.05, 4.69) is 34.5 Å². The van der Waals surface area contributed by atoms with Crippen LogP contribution in [0.3, 0.4) is 0 Å². The number of aryl methyl sites for hydroxylation is 1. The molecule has 0 saturated carbocycles. The number of hydrogen-bond acceptors (Lipinski definition) is 3. The number of nitrogens with zero attached hydrogens (tertiary/aromatic N) is 1. The molecule has 0 radical (unpaired) electrons. The summed E-state index contributed by atoms with van der Waals surface area (Å²) >= 11 is 1.67. The molecule has 0 fully saturated rings. The molecule has 1 atom stereocenters. The van der Waals surface area contributed by atoms with Gasteiger partial charge >= 0.3 is 0 Å². The van der Waals surface area contributed by atoms with E-state index >= 15 is 0 Å². The maximum absolute atomic E-state index is 12.1. The molecule has 0 spiro atoms. The fourth-order valence-electron chi connectivity index (χ4n) is 2.98. The fraction of sp³-hybridized carbons (Fsp3) is 0.353. The second-order valence-electron chi connectivity index (χ2n) is 5.52. The number of amides is 1. The van der Waals surface area contributed by atoms with Gasteiger partial charge in [-0.2, -0.15) is 0 Å². The monoisotopic (exact) mass is 300 g/mol. The van der Waals surface area contributed by atoms with E-state index in [0.717, 1.165) is 12.8 Å². The number of hydrogen-bond donors (Lipinski definition) is 1. The van der Waals surface area contributed by atoms with Crippen molar-refractivity contribution in [3.05, 3.63) is 57.8 Å². The van der Waals surface area contributed by atoms with Crippen molar-refractivity contribution >= 4 is 17.2 Å².